The van der Waals surface area contributed by atoms with E-state index in [-0.39, 0.29) is 5.75 Å². The van der Waals surface area contributed by atoms with Gasteiger partial charge in [0.1, 0.15) is 11.4 Å². The van der Waals surface area contributed by atoms with Crippen molar-refractivity contribution in [1.29, 1.82) is 0 Å². The van der Waals surface area contributed by atoms with E-state index in [1.54, 1.807) is 11.7 Å². The average Bonchev–Trinajstić information content (AvgIpc) is 3.38. The highest BCUT2D eigenvalue weighted by Gasteiger charge is 2.21. The molecular weight excluding hydrogens is 412 g/mol. The van der Waals surface area contributed by atoms with Crippen LogP contribution in [0.15, 0.2) is 60.8 Å². The minimum Gasteiger partial charge on any atom is -0.504 e. The second-order valence-electron chi connectivity index (χ2n) is 8.14. The van der Waals surface area contributed by atoms with E-state index < -0.39 is 0 Å². The SMILES string of the molecule is CCCc1ncccc1-c1ccc(-c2nn(C)c(-c3nc4ccc(CN)cc4[nH]3)c2O)cc1. The van der Waals surface area contributed by atoms with Gasteiger partial charge in [-0.15, -0.1) is 0 Å². The summed E-state index contributed by atoms with van der Waals surface area (Å²) < 4.78 is 1.65. The highest BCUT2D eigenvalue weighted by Crippen LogP contribution is 2.37. The first kappa shape index (κ1) is 20.9. The first-order valence-electron chi connectivity index (χ1n) is 11.1. The minimum absolute atomic E-state index is 0.0939. The fraction of sp³-hybridized carbons (Fsp3) is 0.192. The van der Waals surface area contributed by atoms with Crippen LogP contribution in [0.25, 0.3) is 44.9 Å². The molecule has 7 heteroatoms. The topological polar surface area (TPSA) is 106 Å². The molecule has 0 bridgehead atoms. The van der Waals surface area contributed by atoms with Crippen LogP contribution in [0.5, 0.6) is 5.75 Å². The normalized spacial score (nSPS) is 11.4. The Labute approximate surface area is 191 Å². The number of nitrogens with one attached hydrogen (secondary N) is 1. The summed E-state index contributed by atoms with van der Waals surface area (Å²) in [7, 11) is 1.80. The lowest BCUT2D eigenvalue weighted by atomic mass is 9.99. The molecule has 4 N–H and O–H groups in total. The number of nitrogens with zero attached hydrogens (tertiary/aromatic N) is 4. The Bertz CT molecular complexity index is 1430. The molecule has 0 amide bonds. The Kier molecular flexibility index (Phi) is 5.40. The third-order valence-corrected chi connectivity index (χ3v) is 5.87. The van der Waals surface area contributed by atoms with Crippen molar-refractivity contribution in [2.45, 2.75) is 26.3 Å². The van der Waals surface area contributed by atoms with Crippen molar-refractivity contribution in [2.24, 2.45) is 12.8 Å². The molecular formula is C26H26N6O. The van der Waals surface area contributed by atoms with E-state index in [4.69, 9.17) is 5.73 Å². The first-order chi connectivity index (χ1) is 16.1. The predicted octanol–water partition coefficient (Wildman–Crippen LogP) is 4.81. The molecule has 166 valence electrons. The van der Waals surface area contributed by atoms with Gasteiger partial charge in [-0.3, -0.25) is 9.67 Å². The minimum atomic E-state index is 0.0939. The molecule has 0 saturated heterocycles. The van der Waals surface area contributed by atoms with Gasteiger partial charge in [0.05, 0.1) is 11.0 Å². The smallest absolute Gasteiger partial charge is 0.173 e. The van der Waals surface area contributed by atoms with Crippen molar-refractivity contribution in [1.82, 2.24) is 24.7 Å². The van der Waals surface area contributed by atoms with Crippen molar-refractivity contribution in [3.63, 3.8) is 0 Å². The number of hydrogen-bond acceptors (Lipinski definition) is 5. The molecule has 33 heavy (non-hydrogen) atoms. The van der Waals surface area contributed by atoms with E-state index in [1.807, 2.05) is 42.6 Å². The zero-order valence-corrected chi connectivity index (χ0v) is 18.7. The number of nitrogens with two attached hydrogens (primary N) is 1. The Balaban J connectivity index is 1.51. The lowest BCUT2D eigenvalue weighted by Crippen LogP contribution is -1.95. The Hall–Kier alpha value is -3.97. The Morgan fingerprint density at radius 3 is 2.61 bits per heavy atom. The number of benzene rings is 2. The van der Waals surface area contributed by atoms with E-state index >= 15 is 0 Å². The zero-order valence-electron chi connectivity index (χ0n) is 18.7. The quantitative estimate of drug-likeness (QED) is 0.353. The number of H-pyrrole nitrogens is 1. The second kappa shape index (κ2) is 8.52. The second-order valence-corrected chi connectivity index (χ2v) is 8.14. The lowest BCUT2D eigenvalue weighted by Gasteiger charge is -2.08. The van der Waals surface area contributed by atoms with Crippen molar-refractivity contribution < 1.29 is 5.11 Å². The molecule has 0 unspecified atom stereocenters. The largest absolute Gasteiger partial charge is 0.504 e. The summed E-state index contributed by atoms with van der Waals surface area (Å²) in [6, 6.07) is 18.0. The highest BCUT2D eigenvalue weighted by molar-refractivity contribution is 5.83. The number of pyridine rings is 1. The molecule has 3 heterocycles. The number of aromatic nitrogens is 5. The standard InChI is InChI=1S/C26H26N6O/c1-3-5-20-19(6-4-13-28-20)17-8-10-18(11-9-17)23-25(33)24(32(2)31-23)26-29-21-12-7-16(15-27)14-22(21)30-26/h4,6-14,33H,3,5,15,27H2,1-2H3,(H,29,30). The van der Waals surface area contributed by atoms with Crippen molar-refractivity contribution >= 4 is 11.0 Å². The maximum absolute atomic E-state index is 11.1. The maximum Gasteiger partial charge on any atom is 0.173 e. The van der Waals surface area contributed by atoms with Crippen LogP contribution in [0, 0.1) is 0 Å². The molecule has 0 aliphatic carbocycles. The van der Waals surface area contributed by atoms with Gasteiger partial charge < -0.3 is 15.8 Å². The molecule has 3 aromatic heterocycles. The van der Waals surface area contributed by atoms with Crippen LogP contribution in [0.4, 0.5) is 0 Å². The number of hydrogen-bond donors (Lipinski definition) is 3. The maximum atomic E-state index is 11.1. The molecule has 0 radical (unpaired) electrons. The van der Waals surface area contributed by atoms with Gasteiger partial charge in [-0.2, -0.15) is 5.10 Å². The van der Waals surface area contributed by atoms with Crippen molar-refractivity contribution in [2.75, 3.05) is 0 Å². The zero-order chi connectivity index (χ0) is 22.9. The molecule has 7 nitrogen and oxygen atoms in total. The van der Waals surface area contributed by atoms with Gasteiger partial charge in [0.15, 0.2) is 11.6 Å². The number of aromatic hydroxyl groups is 1. The Morgan fingerprint density at radius 2 is 1.85 bits per heavy atom. The molecule has 2 aromatic carbocycles. The van der Waals surface area contributed by atoms with E-state index in [1.165, 1.54) is 0 Å². The molecule has 5 rings (SSSR count). The number of aromatic amines is 1. The molecule has 0 spiro atoms. The Morgan fingerprint density at radius 1 is 1.06 bits per heavy atom. The summed E-state index contributed by atoms with van der Waals surface area (Å²) in [6.45, 7) is 2.61. The van der Waals surface area contributed by atoms with E-state index in [9.17, 15) is 5.11 Å². The highest BCUT2D eigenvalue weighted by atomic mass is 16.3. The third-order valence-electron chi connectivity index (χ3n) is 5.87. The average molecular weight is 439 g/mol. The van der Waals surface area contributed by atoms with Crippen LogP contribution >= 0.6 is 0 Å². The van der Waals surface area contributed by atoms with Gasteiger partial charge in [-0.1, -0.05) is 49.7 Å². The van der Waals surface area contributed by atoms with Crippen molar-refractivity contribution in [3.05, 3.63) is 72.1 Å². The summed E-state index contributed by atoms with van der Waals surface area (Å²) in [4.78, 5) is 12.5. The van der Waals surface area contributed by atoms with Crippen LogP contribution in [0.1, 0.15) is 24.6 Å². The van der Waals surface area contributed by atoms with Crippen LogP contribution in [-0.4, -0.2) is 29.8 Å². The number of rotatable bonds is 6. The third kappa shape index (κ3) is 3.76. The molecule has 0 fully saturated rings. The summed E-state index contributed by atoms with van der Waals surface area (Å²) in [5.74, 6) is 0.658. The first-order valence-corrected chi connectivity index (χ1v) is 11.1. The van der Waals surface area contributed by atoms with Gasteiger partial charge in [-0.05, 0) is 35.7 Å². The van der Waals surface area contributed by atoms with E-state index in [0.717, 1.165) is 51.8 Å². The van der Waals surface area contributed by atoms with Gasteiger partial charge in [-0.25, -0.2) is 4.98 Å². The molecule has 0 atom stereocenters. The molecule has 5 aromatic rings. The van der Waals surface area contributed by atoms with Gasteiger partial charge in [0.25, 0.3) is 0 Å². The summed E-state index contributed by atoms with van der Waals surface area (Å²) in [6.07, 6.45) is 3.82. The van der Waals surface area contributed by atoms with E-state index in [2.05, 4.69) is 45.2 Å². The predicted molar refractivity (Wildman–Crippen MR) is 131 cm³/mol. The molecule has 0 aliphatic heterocycles. The fourth-order valence-electron chi connectivity index (χ4n) is 4.21. The van der Waals surface area contributed by atoms with Crippen LogP contribution < -0.4 is 5.73 Å². The van der Waals surface area contributed by atoms with Gasteiger partial charge in [0.2, 0.25) is 0 Å². The lowest BCUT2D eigenvalue weighted by molar-refractivity contribution is 0.478. The number of imidazole rings is 1. The summed E-state index contributed by atoms with van der Waals surface area (Å²) in [5.41, 5.74) is 13.7. The van der Waals surface area contributed by atoms with Crippen LogP contribution in [0.3, 0.4) is 0 Å². The monoisotopic (exact) mass is 438 g/mol. The summed E-state index contributed by atoms with van der Waals surface area (Å²) >= 11 is 0. The summed E-state index contributed by atoms with van der Waals surface area (Å²) in [5, 5.41) is 15.7. The molecule has 0 saturated carbocycles. The van der Waals surface area contributed by atoms with Gasteiger partial charge in [0, 0.05) is 36.6 Å². The number of fused-ring (bicyclic) bond motifs is 1. The van der Waals surface area contributed by atoms with Crippen LogP contribution in [-0.2, 0) is 20.0 Å². The van der Waals surface area contributed by atoms with Gasteiger partial charge >= 0.3 is 0 Å². The number of aryl methyl sites for hydroxylation is 2. The molecule has 0 aliphatic rings. The van der Waals surface area contributed by atoms with E-state index in [0.29, 0.717) is 23.8 Å². The van der Waals surface area contributed by atoms with Crippen molar-refractivity contribution in [3.8, 4) is 39.7 Å². The fourth-order valence-corrected chi connectivity index (χ4v) is 4.21. The van der Waals surface area contributed by atoms with Crippen LogP contribution in [0.2, 0.25) is 0 Å².